The summed E-state index contributed by atoms with van der Waals surface area (Å²) >= 11 is 5.88. The molecule has 128 valence electrons. The molecule has 0 radical (unpaired) electrons. The third kappa shape index (κ3) is 3.86. The molecule has 0 spiro atoms. The minimum atomic E-state index is -0.518. The topological polar surface area (TPSA) is 55.8 Å². The van der Waals surface area contributed by atoms with Gasteiger partial charge in [0.05, 0.1) is 18.3 Å². The molecular weight excluding hydrogens is 330 g/mol. The molecule has 0 aliphatic carbocycles. The van der Waals surface area contributed by atoms with Crippen molar-refractivity contribution in [3.05, 3.63) is 51.7 Å². The first-order valence-corrected chi connectivity index (χ1v) is 7.95. The van der Waals surface area contributed by atoms with E-state index in [9.17, 15) is 9.59 Å². The lowest BCUT2D eigenvalue weighted by atomic mass is 10.0. The first-order valence-electron chi connectivity index (χ1n) is 7.57. The van der Waals surface area contributed by atoms with Gasteiger partial charge in [-0.15, -0.1) is 0 Å². The number of hydrogen-bond acceptors (Lipinski definition) is 4. The summed E-state index contributed by atoms with van der Waals surface area (Å²) in [6.45, 7) is 2.78. The van der Waals surface area contributed by atoms with Crippen molar-refractivity contribution in [1.82, 2.24) is 4.90 Å². The van der Waals surface area contributed by atoms with E-state index < -0.39 is 5.97 Å². The highest BCUT2D eigenvalue weighted by atomic mass is 35.5. The van der Waals surface area contributed by atoms with Crippen LogP contribution >= 0.6 is 11.6 Å². The highest BCUT2D eigenvalue weighted by Gasteiger charge is 2.36. The lowest BCUT2D eigenvalue weighted by Crippen LogP contribution is -2.26. The highest BCUT2D eigenvalue weighted by molar-refractivity contribution is 6.30. The monoisotopic (exact) mass is 349 g/mol. The lowest BCUT2D eigenvalue weighted by molar-refractivity contribution is -0.136. The predicted molar refractivity (Wildman–Crippen MR) is 92.4 cm³/mol. The molecule has 1 aliphatic rings. The molecule has 6 heteroatoms. The zero-order valence-electron chi connectivity index (χ0n) is 14.0. The number of allylic oxidation sites excluding steroid dienone is 1. The molecule has 0 atom stereocenters. The van der Waals surface area contributed by atoms with E-state index in [1.54, 1.807) is 49.3 Å². The number of carbonyl (C=O) groups excluding carboxylic acids is 2. The van der Waals surface area contributed by atoms with Crippen molar-refractivity contribution < 1.29 is 19.1 Å². The average molecular weight is 350 g/mol. The summed E-state index contributed by atoms with van der Waals surface area (Å²) in [5.74, 6) is -0.728. The number of halogens is 1. The lowest BCUT2D eigenvalue weighted by Gasteiger charge is -2.17. The fourth-order valence-electron chi connectivity index (χ4n) is 2.59. The standard InChI is InChI=1S/C18H20ClNO4/c1-12-16(18(22)24-3)15(11-13-5-7-14(19)8-6-13)17(21)20(12)9-4-10-23-2/h5-8,11H,4,9-10H2,1-3H3/b15-11-. The van der Waals surface area contributed by atoms with Crippen LogP contribution in [-0.4, -0.2) is 44.1 Å². The second kappa shape index (κ2) is 8.13. The minimum Gasteiger partial charge on any atom is -0.465 e. The van der Waals surface area contributed by atoms with E-state index >= 15 is 0 Å². The van der Waals surface area contributed by atoms with Gasteiger partial charge in [-0.05, 0) is 37.1 Å². The first-order chi connectivity index (χ1) is 11.5. The van der Waals surface area contributed by atoms with Crippen LogP contribution < -0.4 is 0 Å². The van der Waals surface area contributed by atoms with Crippen molar-refractivity contribution in [1.29, 1.82) is 0 Å². The van der Waals surface area contributed by atoms with Crippen LogP contribution in [0.5, 0.6) is 0 Å². The summed E-state index contributed by atoms with van der Waals surface area (Å²) in [6, 6.07) is 7.05. The van der Waals surface area contributed by atoms with Crippen LogP contribution in [0.1, 0.15) is 18.9 Å². The van der Waals surface area contributed by atoms with Gasteiger partial charge in [0.1, 0.15) is 0 Å². The molecule has 5 nitrogen and oxygen atoms in total. The molecule has 0 saturated heterocycles. The molecule has 1 amide bonds. The Balaban J connectivity index is 2.39. The molecule has 0 aromatic heterocycles. The van der Waals surface area contributed by atoms with Gasteiger partial charge in [-0.2, -0.15) is 0 Å². The maximum absolute atomic E-state index is 12.8. The second-order valence-corrected chi connectivity index (χ2v) is 5.80. The number of esters is 1. The van der Waals surface area contributed by atoms with Gasteiger partial charge in [0.15, 0.2) is 0 Å². The zero-order chi connectivity index (χ0) is 17.7. The van der Waals surface area contributed by atoms with Crippen molar-refractivity contribution in [3.8, 4) is 0 Å². The molecule has 1 aromatic carbocycles. The number of amides is 1. The van der Waals surface area contributed by atoms with Crippen molar-refractivity contribution >= 4 is 29.6 Å². The Kier molecular flexibility index (Phi) is 6.17. The van der Waals surface area contributed by atoms with E-state index in [2.05, 4.69) is 0 Å². The van der Waals surface area contributed by atoms with E-state index in [1.165, 1.54) is 7.11 Å². The number of methoxy groups -OCH3 is 2. The van der Waals surface area contributed by atoms with Crippen LogP contribution in [0, 0.1) is 0 Å². The number of nitrogens with zero attached hydrogens (tertiary/aromatic N) is 1. The number of hydrogen-bond donors (Lipinski definition) is 0. The van der Waals surface area contributed by atoms with E-state index in [0.29, 0.717) is 41.4 Å². The molecule has 1 heterocycles. The normalized spacial score (nSPS) is 16.2. The van der Waals surface area contributed by atoms with Gasteiger partial charge in [-0.1, -0.05) is 23.7 Å². The largest absolute Gasteiger partial charge is 0.465 e. The summed E-state index contributed by atoms with van der Waals surface area (Å²) < 4.78 is 9.88. The number of carbonyl (C=O) groups is 2. The van der Waals surface area contributed by atoms with Crippen LogP contribution in [0.3, 0.4) is 0 Å². The molecule has 24 heavy (non-hydrogen) atoms. The Labute approximate surface area is 146 Å². The Morgan fingerprint density at radius 3 is 2.50 bits per heavy atom. The van der Waals surface area contributed by atoms with Gasteiger partial charge < -0.3 is 14.4 Å². The first kappa shape index (κ1) is 18.2. The van der Waals surface area contributed by atoms with Crippen molar-refractivity contribution in [2.24, 2.45) is 0 Å². The molecule has 0 bridgehead atoms. The third-order valence-corrected chi connectivity index (χ3v) is 4.06. The van der Waals surface area contributed by atoms with Gasteiger partial charge >= 0.3 is 5.97 Å². The van der Waals surface area contributed by atoms with Gasteiger partial charge in [-0.25, -0.2) is 4.79 Å². The van der Waals surface area contributed by atoms with Crippen LogP contribution in [0.15, 0.2) is 41.1 Å². The number of benzene rings is 1. The molecule has 1 aromatic rings. The second-order valence-electron chi connectivity index (χ2n) is 5.36. The summed E-state index contributed by atoms with van der Waals surface area (Å²) in [6.07, 6.45) is 2.37. The highest BCUT2D eigenvalue weighted by Crippen LogP contribution is 2.31. The fourth-order valence-corrected chi connectivity index (χ4v) is 2.72. The van der Waals surface area contributed by atoms with Crippen molar-refractivity contribution in [2.45, 2.75) is 13.3 Å². The number of rotatable bonds is 6. The SMILES string of the molecule is COCCCN1C(=O)/C(=C\c2ccc(Cl)cc2)C(C(=O)OC)=C1C. The van der Waals surface area contributed by atoms with Gasteiger partial charge in [-0.3, -0.25) is 4.79 Å². The van der Waals surface area contributed by atoms with Crippen LogP contribution in [-0.2, 0) is 19.1 Å². The van der Waals surface area contributed by atoms with Gasteiger partial charge in [0, 0.05) is 31.0 Å². The van der Waals surface area contributed by atoms with E-state index in [0.717, 1.165) is 5.56 Å². The van der Waals surface area contributed by atoms with Gasteiger partial charge in [0.25, 0.3) is 5.91 Å². The van der Waals surface area contributed by atoms with Crippen LogP contribution in [0.4, 0.5) is 0 Å². The maximum atomic E-state index is 12.8. The molecular formula is C18H20ClNO4. The average Bonchev–Trinajstić information content (AvgIpc) is 2.80. The van der Waals surface area contributed by atoms with Gasteiger partial charge in [0.2, 0.25) is 0 Å². The summed E-state index contributed by atoms with van der Waals surface area (Å²) in [4.78, 5) is 26.5. The molecule has 1 aliphatic heterocycles. The smallest absolute Gasteiger partial charge is 0.340 e. The van der Waals surface area contributed by atoms with Crippen LogP contribution in [0.25, 0.3) is 6.08 Å². The molecule has 0 fully saturated rings. The Morgan fingerprint density at radius 1 is 1.25 bits per heavy atom. The third-order valence-electron chi connectivity index (χ3n) is 3.81. The molecule has 0 saturated carbocycles. The summed E-state index contributed by atoms with van der Waals surface area (Å²) in [5.41, 5.74) is 2.02. The van der Waals surface area contributed by atoms with E-state index in [4.69, 9.17) is 21.1 Å². The Bertz CT molecular complexity index is 691. The Morgan fingerprint density at radius 2 is 1.92 bits per heavy atom. The minimum absolute atomic E-state index is 0.209. The quantitative estimate of drug-likeness (QED) is 0.450. The molecule has 2 rings (SSSR count). The van der Waals surface area contributed by atoms with E-state index in [-0.39, 0.29) is 5.91 Å². The maximum Gasteiger partial charge on any atom is 0.340 e. The summed E-state index contributed by atoms with van der Waals surface area (Å²) in [7, 11) is 2.92. The van der Waals surface area contributed by atoms with Crippen LogP contribution in [0.2, 0.25) is 5.02 Å². The summed E-state index contributed by atoms with van der Waals surface area (Å²) in [5, 5.41) is 0.607. The predicted octanol–water partition coefficient (Wildman–Crippen LogP) is 3.05. The van der Waals surface area contributed by atoms with Crippen molar-refractivity contribution in [3.63, 3.8) is 0 Å². The fraction of sp³-hybridized carbons (Fsp3) is 0.333. The Hall–Kier alpha value is -2.11. The van der Waals surface area contributed by atoms with Crippen molar-refractivity contribution in [2.75, 3.05) is 27.4 Å². The number of ether oxygens (including phenoxy) is 2. The molecule has 0 unspecified atom stereocenters. The zero-order valence-corrected chi connectivity index (χ0v) is 14.7. The van der Waals surface area contributed by atoms with E-state index in [1.807, 2.05) is 0 Å². The molecule has 0 N–H and O–H groups in total.